The molecule has 2 N–H and O–H groups in total. The summed E-state index contributed by atoms with van der Waals surface area (Å²) in [7, 11) is -3.18. The molecule has 2 fully saturated rings. The average Bonchev–Trinajstić information content (AvgIpc) is 2.79. The summed E-state index contributed by atoms with van der Waals surface area (Å²) >= 11 is 0. The van der Waals surface area contributed by atoms with Gasteiger partial charge in [-0.2, -0.15) is 0 Å². The van der Waals surface area contributed by atoms with Crippen molar-refractivity contribution in [3.8, 4) is 0 Å². The summed E-state index contributed by atoms with van der Waals surface area (Å²) in [4.78, 5) is 0. The van der Waals surface area contributed by atoms with E-state index in [0.717, 1.165) is 25.8 Å². The Hall–Kier alpha value is 0.120. The topological polar surface area (TPSA) is 67.4 Å². The van der Waals surface area contributed by atoms with Gasteiger partial charge >= 0.3 is 0 Å². The normalized spacial score (nSPS) is 29.9. The average molecular weight is 327 g/mol. The molecule has 5 nitrogen and oxygen atoms in total. The highest BCUT2D eigenvalue weighted by Crippen LogP contribution is 2.29. The van der Waals surface area contributed by atoms with Crippen molar-refractivity contribution >= 4 is 22.4 Å². The molecule has 0 spiro atoms. The zero-order valence-electron chi connectivity index (χ0n) is 12.4. The lowest BCUT2D eigenvalue weighted by Gasteiger charge is -2.39. The zero-order chi connectivity index (χ0) is 13.9. The van der Waals surface area contributed by atoms with Crippen LogP contribution >= 0.6 is 12.4 Å². The lowest BCUT2D eigenvalue weighted by Crippen LogP contribution is -2.53. The molecule has 2 aliphatic heterocycles. The molecule has 2 heterocycles. The van der Waals surface area contributed by atoms with Gasteiger partial charge in [-0.25, -0.2) is 13.1 Å². The van der Waals surface area contributed by atoms with Crippen LogP contribution in [0.2, 0.25) is 0 Å². The third-order valence-electron chi connectivity index (χ3n) is 4.32. The molecule has 0 radical (unpaired) electrons. The first-order valence-electron chi connectivity index (χ1n) is 7.17. The minimum absolute atomic E-state index is 0. The Morgan fingerprint density at radius 2 is 2.15 bits per heavy atom. The highest BCUT2D eigenvalue weighted by Gasteiger charge is 2.33. The van der Waals surface area contributed by atoms with E-state index in [1.54, 1.807) is 0 Å². The molecule has 0 saturated carbocycles. The van der Waals surface area contributed by atoms with Gasteiger partial charge in [0.25, 0.3) is 0 Å². The SMILES string of the molecule is CC1(C)CCCNC1CNS(=O)(=O)CC1CCOC1.Cl. The highest BCUT2D eigenvalue weighted by atomic mass is 35.5. The number of rotatable bonds is 5. The molecule has 2 atom stereocenters. The number of nitrogens with one attached hydrogen (secondary N) is 2. The van der Waals surface area contributed by atoms with Gasteiger partial charge in [-0.3, -0.25) is 0 Å². The van der Waals surface area contributed by atoms with Gasteiger partial charge in [0.1, 0.15) is 0 Å². The second kappa shape index (κ2) is 7.40. The number of halogens is 1. The molecule has 0 bridgehead atoms. The smallest absolute Gasteiger partial charge is 0.212 e. The van der Waals surface area contributed by atoms with E-state index in [-0.39, 0.29) is 35.5 Å². The summed E-state index contributed by atoms with van der Waals surface area (Å²) < 4.78 is 32.1. The second-order valence-electron chi connectivity index (χ2n) is 6.46. The molecule has 7 heteroatoms. The third-order valence-corrected chi connectivity index (χ3v) is 5.84. The lowest BCUT2D eigenvalue weighted by molar-refractivity contribution is 0.181. The maximum atomic E-state index is 12.0. The minimum atomic E-state index is -3.18. The highest BCUT2D eigenvalue weighted by molar-refractivity contribution is 7.89. The van der Waals surface area contributed by atoms with Crippen molar-refractivity contribution in [2.75, 3.05) is 32.1 Å². The van der Waals surface area contributed by atoms with Crippen LogP contribution in [0.3, 0.4) is 0 Å². The molecule has 2 aliphatic rings. The maximum absolute atomic E-state index is 12.0. The number of ether oxygens (including phenoxy) is 1. The summed E-state index contributed by atoms with van der Waals surface area (Å²) in [6.45, 7) is 7.13. The van der Waals surface area contributed by atoms with Gasteiger partial charge < -0.3 is 10.1 Å². The van der Waals surface area contributed by atoms with Gasteiger partial charge in [-0.15, -0.1) is 12.4 Å². The molecular weight excluding hydrogens is 300 g/mol. The summed E-state index contributed by atoms with van der Waals surface area (Å²) in [5.74, 6) is 0.352. The Bertz CT molecular complexity index is 394. The van der Waals surface area contributed by atoms with E-state index in [4.69, 9.17) is 4.74 Å². The van der Waals surface area contributed by atoms with Crippen LogP contribution in [0, 0.1) is 11.3 Å². The fraction of sp³-hybridized carbons (Fsp3) is 1.00. The molecular formula is C13H27ClN2O3S. The van der Waals surface area contributed by atoms with Crippen LogP contribution < -0.4 is 10.0 Å². The van der Waals surface area contributed by atoms with Crippen LogP contribution in [0.15, 0.2) is 0 Å². The van der Waals surface area contributed by atoms with Crippen LogP contribution in [0.25, 0.3) is 0 Å². The van der Waals surface area contributed by atoms with E-state index < -0.39 is 10.0 Å². The van der Waals surface area contributed by atoms with Crippen molar-refractivity contribution in [3.05, 3.63) is 0 Å². The summed E-state index contributed by atoms with van der Waals surface area (Å²) in [6.07, 6.45) is 3.16. The zero-order valence-corrected chi connectivity index (χ0v) is 14.0. The number of sulfonamides is 1. The van der Waals surface area contributed by atoms with Crippen molar-refractivity contribution in [1.82, 2.24) is 10.0 Å². The predicted octanol–water partition coefficient (Wildman–Crippen LogP) is 1.14. The Labute approximate surface area is 128 Å². The largest absolute Gasteiger partial charge is 0.381 e. The Morgan fingerprint density at radius 3 is 2.75 bits per heavy atom. The third kappa shape index (κ3) is 5.15. The molecule has 0 aromatic rings. The van der Waals surface area contributed by atoms with Gasteiger partial charge in [-0.05, 0) is 37.1 Å². The van der Waals surface area contributed by atoms with E-state index in [0.29, 0.717) is 19.8 Å². The van der Waals surface area contributed by atoms with Gasteiger partial charge in [-0.1, -0.05) is 13.8 Å². The number of hydrogen-bond acceptors (Lipinski definition) is 4. The Balaban J connectivity index is 0.00000200. The fourth-order valence-corrected chi connectivity index (χ4v) is 4.34. The van der Waals surface area contributed by atoms with E-state index in [1.807, 2.05) is 0 Å². The minimum Gasteiger partial charge on any atom is -0.381 e. The molecule has 0 amide bonds. The Morgan fingerprint density at radius 1 is 1.40 bits per heavy atom. The van der Waals surface area contributed by atoms with Crippen LogP contribution in [0.1, 0.15) is 33.1 Å². The first-order chi connectivity index (χ1) is 8.89. The van der Waals surface area contributed by atoms with Crippen molar-refractivity contribution in [2.45, 2.75) is 39.2 Å². The number of hydrogen-bond donors (Lipinski definition) is 2. The van der Waals surface area contributed by atoms with E-state index >= 15 is 0 Å². The molecule has 2 unspecified atom stereocenters. The number of piperidine rings is 1. The summed E-state index contributed by atoms with van der Waals surface area (Å²) in [5, 5.41) is 3.42. The molecule has 0 aromatic carbocycles. The molecule has 0 aliphatic carbocycles. The van der Waals surface area contributed by atoms with Gasteiger partial charge in [0.05, 0.1) is 12.4 Å². The first-order valence-corrected chi connectivity index (χ1v) is 8.83. The molecule has 20 heavy (non-hydrogen) atoms. The Kier molecular flexibility index (Phi) is 6.73. The lowest BCUT2D eigenvalue weighted by atomic mass is 9.78. The van der Waals surface area contributed by atoms with Crippen LogP contribution in [0.4, 0.5) is 0 Å². The first kappa shape index (κ1) is 18.2. The monoisotopic (exact) mass is 326 g/mol. The van der Waals surface area contributed by atoms with Gasteiger partial charge in [0.2, 0.25) is 10.0 Å². The summed E-state index contributed by atoms with van der Waals surface area (Å²) in [6, 6.07) is 0.218. The summed E-state index contributed by atoms with van der Waals surface area (Å²) in [5.41, 5.74) is 0.150. The second-order valence-corrected chi connectivity index (χ2v) is 8.31. The molecule has 2 rings (SSSR count). The van der Waals surface area contributed by atoms with Crippen LogP contribution in [0.5, 0.6) is 0 Å². The van der Waals surface area contributed by atoms with Gasteiger partial charge in [0, 0.05) is 19.2 Å². The maximum Gasteiger partial charge on any atom is 0.212 e. The van der Waals surface area contributed by atoms with E-state index in [2.05, 4.69) is 23.9 Å². The predicted molar refractivity (Wildman–Crippen MR) is 82.8 cm³/mol. The quantitative estimate of drug-likeness (QED) is 0.795. The molecule has 120 valence electrons. The van der Waals surface area contributed by atoms with Crippen LogP contribution in [-0.2, 0) is 14.8 Å². The standard InChI is InChI=1S/C13H26N2O3S.ClH/c1-13(2)5-3-6-14-12(13)8-15-19(16,17)10-11-4-7-18-9-11;/h11-12,14-15H,3-10H2,1-2H3;1H. The van der Waals surface area contributed by atoms with Crippen molar-refractivity contribution in [2.24, 2.45) is 11.3 Å². The van der Waals surface area contributed by atoms with Gasteiger partial charge in [0.15, 0.2) is 0 Å². The van der Waals surface area contributed by atoms with E-state index in [1.165, 1.54) is 0 Å². The van der Waals surface area contributed by atoms with E-state index in [9.17, 15) is 8.42 Å². The molecule has 0 aromatic heterocycles. The van der Waals surface area contributed by atoms with Crippen LogP contribution in [-0.4, -0.2) is 46.5 Å². The molecule has 2 saturated heterocycles. The van der Waals surface area contributed by atoms with Crippen molar-refractivity contribution < 1.29 is 13.2 Å². The van der Waals surface area contributed by atoms with Crippen molar-refractivity contribution in [1.29, 1.82) is 0 Å². The fourth-order valence-electron chi connectivity index (χ4n) is 2.91. The van der Waals surface area contributed by atoms with Crippen molar-refractivity contribution in [3.63, 3.8) is 0 Å².